The van der Waals surface area contributed by atoms with E-state index in [-0.39, 0.29) is 11.4 Å². The minimum Gasteiger partial charge on any atom is -0.488 e. The van der Waals surface area contributed by atoms with Gasteiger partial charge in [-0.05, 0) is 87.6 Å². The van der Waals surface area contributed by atoms with Crippen LogP contribution in [-0.2, 0) is 0 Å². The second-order valence-corrected chi connectivity index (χ2v) is 7.51. The number of allylic oxidation sites excluding steroid dienone is 3. The SMILES string of the molecule is C/C=C/C(=O)c1cccc(/C(C)=C/c2cc(OC(C)(C)CC)ccc2C)c1. The summed E-state index contributed by atoms with van der Waals surface area (Å²) in [6, 6.07) is 14.0. The Morgan fingerprint density at radius 1 is 1.11 bits per heavy atom. The van der Waals surface area contributed by atoms with E-state index < -0.39 is 0 Å². The maximum atomic E-state index is 12.1. The summed E-state index contributed by atoms with van der Waals surface area (Å²) < 4.78 is 6.13. The van der Waals surface area contributed by atoms with Crippen molar-refractivity contribution in [2.75, 3.05) is 0 Å². The molecule has 0 radical (unpaired) electrons. The molecule has 0 saturated carbocycles. The van der Waals surface area contributed by atoms with Crippen LogP contribution in [0.5, 0.6) is 5.75 Å². The average molecular weight is 363 g/mol. The summed E-state index contributed by atoms with van der Waals surface area (Å²) in [5.41, 5.74) is 4.99. The molecule has 0 aliphatic rings. The molecule has 0 saturated heterocycles. The molecule has 2 rings (SSSR count). The van der Waals surface area contributed by atoms with Crippen molar-refractivity contribution in [2.45, 2.75) is 53.6 Å². The first-order valence-electron chi connectivity index (χ1n) is 9.51. The Balaban J connectivity index is 2.35. The predicted molar refractivity (Wildman–Crippen MR) is 115 cm³/mol. The second kappa shape index (κ2) is 8.85. The number of benzene rings is 2. The molecule has 0 atom stereocenters. The Labute approximate surface area is 163 Å². The number of ketones is 1. The Hall–Kier alpha value is -2.61. The highest BCUT2D eigenvalue weighted by molar-refractivity contribution is 6.05. The van der Waals surface area contributed by atoms with E-state index in [0.29, 0.717) is 5.56 Å². The molecule has 0 spiro atoms. The van der Waals surface area contributed by atoms with Gasteiger partial charge in [0.1, 0.15) is 11.4 Å². The van der Waals surface area contributed by atoms with Gasteiger partial charge in [-0.1, -0.05) is 43.3 Å². The van der Waals surface area contributed by atoms with E-state index in [4.69, 9.17) is 4.74 Å². The summed E-state index contributed by atoms with van der Waals surface area (Å²) in [5, 5.41) is 0. The summed E-state index contributed by atoms with van der Waals surface area (Å²) in [4.78, 5) is 12.1. The fourth-order valence-corrected chi connectivity index (χ4v) is 2.71. The van der Waals surface area contributed by atoms with E-state index >= 15 is 0 Å². The van der Waals surface area contributed by atoms with E-state index in [1.807, 2.05) is 37.3 Å². The number of rotatable bonds is 7. The fourth-order valence-electron chi connectivity index (χ4n) is 2.71. The maximum absolute atomic E-state index is 12.1. The number of hydrogen-bond acceptors (Lipinski definition) is 2. The van der Waals surface area contributed by atoms with Gasteiger partial charge >= 0.3 is 0 Å². The van der Waals surface area contributed by atoms with Crippen molar-refractivity contribution in [1.82, 2.24) is 0 Å². The highest BCUT2D eigenvalue weighted by atomic mass is 16.5. The van der Waals surface area contributed by atoms with E-state index in [1.54, 1.807) is 12.2 Å². The molecule has 0 aliphatic heterocycles. The zero-order chi connectivity index (χ0) is 20.0. The van der Waals surface area contributed by atoms with Crippen LogP contribution in [0.1, 0.15) is 68.1 Å². The zero-order valence-corrected chi connectivity index (χ0v) is 17.3. The van der Waals surface area contributed by atoms with Crippen LogP contribution in [0.2, 0.25) is 0 Å². The maximum Gasteiger partial charge on any atom is 0.185 e. The lowest BCUT2D eigenvalue weighted by Gasteiger charge is -2.25. The highest BCUT2D eigenvalue weighted by Gasteiger charge is 2.17. The van der Waals surface area contributed by atoms with Gasteiger partial charge in [0.2, 0.25) is 0 Å². The third-order valence-corrected chi connectivity index (χ3v) is 4.79. The fraction of sp³-hybridized carbons (Fsp3) is 0.320. The van der Waals surface area contributed by atoms with Crippen molar-refractivity contribution >= 4 is 17.4 Å². The zero-order valence-electron chi connectivity index (χ0n) is 17.3. The van der Waals surface area contributed by atoms with Crippen LogP contribution in [0.15, 0.2) is 54.6 Å². The molecular weight excluding hydrogens is 332 g/mol. The summed E-state index contributed by atoms with van der Waals surface area (Å²) in [5.74, 6) is 0.907. The molecular formula is C25H30O2. The molecule has 0 aliphatic carbocycles. The lowest BCUT2D eigenvalue weighted by atomic mass is 9.98. The first kappa shape index (κ1) is 20.7. The molecule has 0 unspecified atom stereocenters. The Morgan fingerprint density at radius 3 is 2.48 bits per heavy atom. The van der Waals surface area contributed by atoms with Gasteiger partial charge in [-0.2, -0.15) is 0 Å². The van der Waals surface area contributed by atoms with Crippen LogP contribution in [0.4, 0.5) is 0 Å². The molecule has 2 heteroatoms. The number of carbonyl (C=O) groups is 1. The lowest BCUT2D eigenvalue weighted by molar-refractivity contribution is 0.104. The van der Waals surface area contributed by atoms with Gasteiger partial charge in [-0.25, -0.2) is 0 Å². The molecule has 2 aromatic carbocycles. The van der Waals surface area contributed by atoms with Gasteiger partial charge in [-0.3, -0.25) is 4.79 Å². The Kier molecular flexibility index (Phi) is 6.79. The minimum atomic E-state index is -0.188. The monoisotopic (exact) mass is 362 g/mol. The smallest absolute Gasteiger partial charge is 0.185 e. The van der Waals surface area contributed by atoms with E-state index in [1.165, 1.54) is 5.56 Å². The summed E-state index contributed by atoms with van der Waals surface area (Å²) in [6.45, 7) is 12.3. The van der Waals surface area contributed by atoms with E-state index in [9.17, 15) is 4.79 Å². The molecule has 0 aromatic heterocycles. The van der Waals surface area contributed by atoms with E-state index in [2.05, 4.69) is 52.8 Å². The van der Waals surface area contributed by atoms with Crippen molar-refractivity contribution in [3.63, 3.8) is 0 Å². The Bertz CT molecular complexity index is 870. The largest absolute Gasteiger partial charge is 0.488 e. The summed E-state index contributed by atoms with van der Waals surface area (Å²) in [6.07, 6.45) is 6.46. The molecule has 2 aromatic rings. The molecule has 0 amide bonds. The van der Waals surface area contributed by atoms with E-state index in [0.717, 1.165) is 28.9 Å². The van der Waals surface area contributed by atoms with Crippen LogP contribution < -0.4 is 4.74 Å². The van der Waals surface area contributed by atoms with Crippen LogP contribution in [0.3, 0.4) is 0 Å². The normalized spacial score (nSPS) is 12.4. The Morgan fingerprint density at radius 2 is 1.81 bits per heavy atom. The molecule has 2 nitrogen and oxygen atoms in total. The van der Waals surface area contributed by atoms with Crippen LogP contribution in [0.25, 0.3) is 11.6 Å². The summed E-state index contributed by atoms with van der Waals surface area (Å²) in [7, 11) is 0. The van der Waals surface area contributed by atoms with Crippen LogP contribution in [-0.4, -0.2) is 11.4 Å². The van der Waals surface area contributed by atoms with Gasteiger partial charge in [0.05, 0.1) is 0 Å². The summed E-state index contributed by atoms with van der Waals surface area (Å²) >= 11 is 0. The standard InChI is InChI=1S/C25H30O2/c1-7-10-24(26)21-12-9-11-20(16-21)19(4)15-22-17-23(14-13-18(22)3)27-25(5,6)8-2/h7,9-17H,8H2,1-6H3/b10-7+,19-15+. The van der Waals surface area contributed by atoms with Gasteiger partial charge in [-0.15, -0.1) is 0 Å². The number of ether oxygens (including phenoxy) is 1. The van der Waals surface area contributed by atoms with Gasteiger partial charge in [0.25, 0.3) is 0 Å². The number of hydrogen-bond donors (Lipinski definition) is 0. The second-order valence-electron chi connectivity index (χ2n) is 7.51. The van der Waals surface area contributed by atoms with Crippen molar-refractivity contribution in [3.05, 3.63) is 76.9 Å². The molecule has 0 N–H and O–H groups in total. The molecule has 27 heavy (non-hydrogen) atoms. The van der Waals surface area contributed by atoms with Crippen molar-refractivity contribution in [1.29, 1.82) is 0 Å². The lowest BCUT2D eigenvalue weighted by Crippen LogP contribution is -2.26. The van der Waals surface area contributed by atoms with Crippen molar-refractivity contribution in [2.24, 2.45) is 0 Å². The number of aryl methyl sites for hydroxylation is 1. The first-order chi connectivity index (χ1) is 12.8. The van der Waals surface area contributed by atoms with Crippen LogP contribution >= 0.6 is 0 Å². The number of carbonyl (C=O) groups excluding carboxylic acids is 1. The van der Waals surface area contributed by atoms with Crippen molar-refractivity contribution in [3.8, 4) is 5.75 Å². The topological polar surface area (TPSA) is 26.3 Å². The van der Waals surface area contributed by atoms with Gasteiger partial charge in [0.15, 0.2) is 5.78 Å². The third-order valence-electron chi connectivity index (χ3n) is 4.79. The van der Waals surface area contributed by atoms with Gasteiger partial charge < -0.3 is 4.74 Å². The minimum absolute atomic E-state index is 0.0283. The molecule has 142 valence electrons. The molecule has 0 fully saturated rings. The van der Waals surface area contributed by atoms with Gasteiger partial charge in [0, 0.05) is 5.56 Å². The first-order valence-corrected chi connectivity index (χ1v) is 9.51. The quantitative estimate of drug-likeness (QED) is 0.305. The highest BCUT2D eigenvalue weighted by Crippen LogP contribution is 2.27. The molecule has 0 bridgehead atoms. The van der Waals surface area contributed by atoms with Crippen molar-refractivity contribution < 1.29 is 9.53 Å². The molecule has 0 heterocycles. The van der Waals surface area contributed by atoms with Crippen LogP contribution in [0, 0.1) is 6.92 Å². The predicted octanol–water partition coefficient (Wildman–Crippen LogP) is 6.88. The third kappa shape index (κ3) is 5.68. The average Bonchev–Trinajstić information content (AvgIpc) is 2.64.